The molecular weight excluding hydrogens is 464 g/mol. The van der Waals surface area contributed by atoms with Crippen molar-refractivity contribution in [1.82, 2.24) is 0 Å². The van der Waals surface area contributed by atoms with Crippen LogP contribution >= 0.6 is 0 Å². The Morgan fingerprint density at radius 3 is 0.811 bits per heavy atom. The minimum atomic E-state index is -1.53. The first kappa shape index (κ1) is 37.2. The fraction of sp³-hybridized carbons (Fsp3) is 1.00. The summed E-state index contributed by atoms with van der Waals surface area (Å²) < 4.78 is 6.29. The first-order valence-electron chi connectivity index (χ1n) is 17.4. The lowest BCUT2D eigenvalue weighted by Gasteiger charge is -2.36. The van der Waals surface area contributed by atoms with Gasteiger partial charge in [0.05, 0.1) is 0 Å². The summed E-state index contributed by atoms with van der Waals surface area (Å²) in [6, 6.07) is 0. The summed E-state index contributed by atoms with van der Waals surface area (Å²) in [6.07, 6.45) is 39.3. The van der Waals surface area contributed by atoms with E-state index in [4.69, 9.17) is 4.43 Å². The Hall–Kier alpha value is 0.177. The van der Waals surface area contributed by atoms with Crippen LogP contribution in [0, 0.1) is 0 Å². The quantitative estimate of drug-likeness (QED) is 0.0679. The molecule has 0 saturated carbocycles. The number of hydrogen-bond donors (Lipinski definition) is 0. The van der Waals surface area contributed by atoms with Crippen LogP contribution in [0.4, 0.5) is 0 Å². The van der Waals surface area contributed by atoms with Crippen LogP contribution in [0.2, 0.25) is 18.1 Å². The second-order valence-corrected chi connectivity index (χ2v) is 18.6. The van der Waals surface area contributed by atoms with Crippen molar-refractivity contribution in [3.8, 4) is 0 Å². The van der Waals surface area contributed by atoms with Crippen LogP contribution in [0.3, 0.4) is 0 Å². The van der Waals surface area contributed by atoms with E-state index in [2.05, 4.69) is 40.8 Å². The molecule has 0 amide bonds. The molecule has 0 saturated heterocycles. The lowest BCUT2D eigenvalue weighted by atomic mass is 10.0. The summed E-state index contributed by atoms with van der Waals surface area (Å²) in [5.41, 5.74) is 0. The molecule has 0 aromatic rings. The van der Waals surface area contributed by atoms with Crippen LogP contribution in [0.25, 0.3) is 0 Å². The van der Waals surface area contributed by atoms with Gasteiger partial charge in [0.2, 0.25) is 0 Å². The van der Waals surface area contributed by atoms with Crippen molar-refractivity contribution in [2.45, 2.75) is 219 Å². The van der Waals surface area contributed by atoms with Crippen LogP contribution < -0.4 is 0 Å². The Morgan fingerprint density at radius 1 is 0.378 bits per heavy atom. The Bertz CT molecular complexity index is 439. The highest BCUT2D eigenvalue weighted by Crippen LogP contribution is 2.36. The fourth-order valence-corrected chi connectivity index (χ4v) is 6.23. The molecule has 2 heteroatoms. The molecule has 0 aromatic carbocycles. The van der Waals surface area contributed by atoms with E-state index in [0.29, 0.717) is 5.04 Å². The topological polar surface area (TPSA) is 9.23 Å². The van der Waals surface area contributed by atoms with E-state index in [0.717, 1.165) is 6.61 Å². The molecule has 0 radical (unpaired) electrons. The largest absolute Gasteiger partial charge is 0.417 e. The molecule has 0 spiro atoms. The zero-order valence-corrected chi connectivity index (χ0v) is 28.2. The van der Waals surface area contributed by atoms with Crippen LogP contribution in [-0.4, -0.2) is 14.9 Å². The smallest absolute Gasteiger partial charge is 0.191 e. The van der Waals surface area contributed by atoms with E-state index in [-0.39, 0.29) is 0 Å². The molecule has 37 heavy (non-hydrogen) atoms. The van der Waals surface area contributed by atoms with Crippen molar-refractivity contribution < 1.29 is 4.43 Å². The molecule has 0 aromatic heterocycles. The Labute approximate surface area is 238 Å². The van der Waals surface area contributed by atoms with Gasteiger partial charge in [-0.1, -0.05) is 195 Å². The molecule has 224 valence electrons. The van der Waals surface area contributed by atoms with Crippen molar-refractivity contribution in [2.75, 3.05) is 6.61 Å². The third-order valence-electron chi connectivity index (χ3n) is 9.02. The third-order valence-corrected chi connectivity index (χ3v) is 13.6. The molecule has 0 aliphatic carbocycles. The molecule has 0 aliphatic rings. The van der Waals surface area contributed by atoms with Gasteiger partial charge in [0.15, 0.2) is 8.32 Å². The van der Waals surface area contributed by atoms with Crippen molar-refractivity contribution >= 4 is 8.32 Å². The van der Waals surface area contributed by atoms with E-state index < -0.39 is 8.32 Å². The molecule has 0 bridgehead atoms. The van der Waals surface area contributed by atoms with E-state index in [1.807, 2.05) is 0 Å². The Morgan fingerprint density at radius 2 is 0.595 bits per heavy atom. The predicted octanol–water partition coefficient (Wildman–Crippen LogP) is 13.6. The normalized spacial score (nSPS) is 12.5. The summed E-state index contributed by atoms with van der Waals surface area (Å²) in [5, 5.41) is 0.346. The lowest BCUT2D eigenvalue weighted by molar-refractivity contribution is 0.277. The van der Waals surface area contributed by atoms with Crippen molar-refractivity contribution in [3.63, 3.8) is 0 Å². The maximum Gasteiger partial charge on any atom is 0.191 e. The average molecular weight is 539 g/mol. The van der Waals surface area contributed by atoms with Crippen LogP contribution in [0.5, 0.6) is 0 Å². The van der Waals surface area contributed by atoms with Gasteiger partial charge in [0.25, 0.3) is 0 Å². The number of rotatable bonds is 29. The summed E-state index contributed by atoms with van der Waals surface area (Å²) in [6.45, 7) is 15.0. The van der Waals surface area contributed by atoms with Crippen LogP contribution in [0.1, 0.15) is 201 Å². The van der Waals surface area contributed by atoms with Crippen LogP contribution in [0.15, 0.2) is 0 Å². The summed E-state index contributed by atoms with van der Waals surface area (Å²) >= 11 is 0. The molecule has 0 fully saturated rings. The van der Waals surface area contributed by atoms with Gasteiger partial charge in [-0.15, -0.1) is 0 Å². The Kier molecular flexibility index (Phi) is 26.5. The molecule has 0 aliphatic heterocycles. The minimum absolute atomic E-state index is 0.346. The van der Waals surface area contributed by atoms with Gasteiger partial charge >= 0.3 is 0 Å². The zero-order chi connectivity index (χ0) is 27.5. The highest BCUT2D eigenvalue weighted by molar-refractivity contribution is 6.74. The zero-order valence-electron chi connectivity index (χ0n) is 27.2. The molecular formula is C35H74OSi. The third kappa shape index (κ3) is 26.2. The van der Waals surface area contributed by atoms with E-state index in [1.54, 1.807) is 0 Å². The number of unbranched alkanes of at least 4 members (excludes halogenated alkanes) is 26. The van der Waals surface area contributed by atoms with E-state index in [9.17, 15) is 0 Å². The average Bonchev–Trinajstić information content (AvgIpc) is 2.85. The number of hydrogen-bond acceptors (Lipinski definition) is 1. The highest BCUT2D eigenvalue weighted by atomic mass is 28.4. The molecule has 0 rings (SSSR count). The molecule has 0 heterocycles. The minimum Gasteiger partial charge on any atom is -0.417 e. The predicted molar refractivity (Wildman–Crippen MR) is 173 cm³/mol. The van der Waals surface area contributed by atoms with Gasteiger partial charge in [0, 0.05) is 6.61 Å². The molecule has 0 N–H and O–H groups in total. The lowest BCUT2D eigenvalue weighted by Crippen LogP contribution is -2.40. The molecule has 0 unspecified atom stereocenters. The second kappa shape index (κ2) is 26.4. The van der Waals surface area contributed by atoms with Gasteiger partial charge in [-0.3, -0.25) is 0 Å². The summed E-state index contributed by atoms with van der Waals surface area (Å²) in [5.74, 6) is 0. The van der Waals surface area contributed by atoms with Crippen molar-refractivity contribution in [2.24, 2.45) is 0 Å². The maximum absolute atomic E-state index is 6.29. The van der Waals surface area contributed by atoms with Gasteiger partial charge < -0.3 is 4.43 Å². The van der Waals surface area contributed by atoms with Crippen molar-refractivity contribution in [1.29, 1.82) is 0 Å². The fourth-order valence-electron chi connectivity index (χ4n) is 5.14. The summed E-state index contributed by atoms with van der Waals surface area (Å²) in [4.78, 5) is 0. The van der Waals surface area contributed by atoms with Gasteiger partial charge in [-0.25, -0.2) is 0 Å². The van der Waals surface area contributed by atoms with Gasteiger partial charge in [-0.2, -0.15) is 0 Å². The van der Waals surface area contributed by atoms with Crippen LogP contribution in [-0.2, 0) is 4.43 Å². The van der Waals surface area contributed by atoms with Gasteiger partial charge in [-0.05, 0) is 24.6 Å². The highest BCUT2D eigenvalue weighted by Gasteiger charge is 2.36. The first-order chi connectivity index (χ1) is 17.8. The Balaban J connectivity index is 3.13. The second-order valence-electron chi connectivity index (χ2n) is 13.8. The van der Waals surface area contributed by atoms with Gasteiger partial charge in [0.1, 0.15) is 0 Å². The maximum atomic E-state index is 6.29. The van der Waals surface area contributed by atoms with E-state index >= 15 is 0 Å². The molecule has 0 atom stereocenters. The monoisotopic (exact) mass is 539 g/mol. The SMILES string of the molecule is CCCCCCCCCCCCCCCCCCCCCCCCCCCCCO[Si](C)(C)C(C)(C)C. The molecule has 1 nitrogen and oxygen atoms in total. The van der Waals surface area contributed by atoms with E-state index in [1.165, 1.54) is 173 Å². The summed E-state index contributed by atoms with van der Waals surface area (Å²) in [7, 11) is -1.53. The first-order valence-corrected chi connectivity index (χ1v) is 20.4. The standard InChI is InChI=1S/C35H74OSi/c1-7-8-9-10-11-12-13-14-15-16-17-18-19-20-21-22-23-24-25-26-27-28-29-30-31-32-33-34-36-37(5,6)35(2,3)4/h7-34H2,1-6H3. The van der Waals surface area contributed by atoms with Crippen molar-refractivity contribution in [3.05, 3.63) is 0 Å².